The summed E-state index contributed by atoms with van der Waals surface area (Å²) in [5.41, 5.74) is -1.14. The summed E-state index contributed by atoms with van der Waals surface area (Å²) in [7, 11) is 1.44. The molecule has 0 aliphatic heterocycles. The van der Waals surface area contributed by atoms with Crippen LogP contribution in [0.4, 0.5) is 0 Å². The van der Waals surface area contributed by atoms with Crippen LogP contribution in [0.15, 0.2) is 0 Å². The lowest BCUT2D eigenvalue weighted by Gasteiger charge is -2.54. The van der Waals surface area contributed by atoms with E-state index in [9.17, 15) is 9.90 Å². The van der Waals surface area contributed by atoms with E-state index in [1.807, 2.05) is 0 Å². The number of ether oxygens (including phenoxy) is 1. The van der Waals surface area contributed by atoms with Gasteiger partial charge in [0.2, 0.25) is 0 Å². The van der Waals surface area contributed by atoms with E-state index >= 15 is 0 Å². The summed E-state index contributed by atoms with van der Waals surface area (Å²) in [6.07, 6.45) is 6.05. The van der Waals surface area contributed by atoms with Gasteiger partial charge >= 0.3 is 5.97 Å². The second kappa shape index (κ2) is 3.98. The van der Waals surface area contributed by atoms with Crippen LogP contribution in [0.1, 0.15) is 58.8 Å². The molecule has 3 nitrogen and oxygen atoms in total. The summed E-state index contributed by atoms with van der Waals surface area (Å²) >= 11 is 0. The van der Waals surface area contributed by atoms with Crippen molar-refractivity contribution in [3.05, 3.63) is 0 Å². The third-order valence-corrected chi connectivity index (χ3v) is 5.10. The van der Waals surface area contributed by atoms with Gasteiger partial charge in [-0.05, 0) is 50.4 Å². The Kier molecular flexibility index (Phi) is 3.01. The highest BCUT2D eigenvalue weighted by atomic mass is 16.5. The molecule has 0 aromatic heterocycles. The largest absolute Gasteiger partial charge is 0.469 e. The highest BCUT2D eigenvalue weighted by Crippen LogP contribution is 2.57. The Morgan fingerprint density at radius 1 is 1.06 bits per heavy atom. The van der Waals surface area contributed by atoms with Crippen LogP contribution in [0.3, 0.4) is 0 Å². The first-order valence-electron chi connectivity index (χ1n) is 6.66. The van der Waals surface area contributed by atoms with Gasteiger partial charge in [-0.1, -0.05) is 13.8 Å². The van der Waals surface area contributed by atoms with Crippen LogP contribution in [0.5, 0.6) is 0 Å². The molecule has 0 heterocycles. The van der Waals surface area contributed by atoms with Gasteiger partial charge in [-0.3, -0.25) is 4.79 Å². The van der Waals surface area contributed by atoms with E-state index < -0.39 is 11.0 Å². The van der Waals surface area contributed by atoms with Crippen LogP contribution < -0.4 is 0 Å². The molecule has 3 heteroatoms. The Balaban J connectivity index is 2.24. The minimum atomic E-state index is -0.795. The maximum Gasteiger partial charge on any atom is 0.314 e. The molecule has 98 valence electrons. The van der Waals surface area contributed by atoms with E-state index in [2.05, 4.69) is 13.8 Å². The quantitative estimate of drug-likeness (QED) is 0.755. The molecule has 0 spiro atoms. The fourth-order valence-electron chi connectivity index (χ4n) is 3.40. The minimum Gasteiger partial charge on any atom is -0.469 e. The number of rotatable bonds is 2. The van der Waals surface area contributed by atoms with E-state index in [-0.39, 0.29) is 11.4 Å². The average Bonchev–Trinajstić information content (AvgIpc) is 2.25. The lowest BCUT2D eigenvalue weighted by atomic mass is 9.53. The van der Waals surface area contributed by atoms with Crippen molar-refractivity contribution in [3.63, 3.8) is 0 Å². The molecule has 2 fully saturated rings. The fourth-order valence-corrected chi connectivity index (χ4v) is 3.40. The fraction of sp³-hybridized carbons (Fsp3) is 0.929. The van der Waals surface area contributed by atoms with E-state index in [4.69, 9.17) is 4.74 Å². The van der Waals surface area contributed by atoms with Crippen LogP contribution >= 0.6 is 0 Å². The lowest BCUT2D eigenvalue weighted by molar-refractivity contribution is -0.198. The zero-order valence-electron chi connectivity index (χ0n) is 11.2. The van der Waals surface area contributed by atoms with Gasteiger partial charge in [0.25, 0.3) is 0 Å². The molecular weight excluding hydrogens is 216 g/mol. The first-order valence-corrected chi connectivity index (χ1v) is 6.66. The SMILES string of the molecule is COC(=O)C1(C2(O)CCC2)CCC(C)(C)CC1. The molecule has 2 saturated carbocycles. The zero-order valence-corrected chi connectivity index (χ0v) is 11.2. The van der Waals surface area contributed by atoms with Gasteiger partial charge in [-0.2, -0.15) is 0 Å². The Bertz CT molecular complexity index is 305. The molecule has 2 aliphatic rings. The molecule has 0 saturated heterocycles. The standard InChI is InChI=1S/C14H24O3/c1-12(2)7-9-13(10-8-12,11(15)17-3)14(16)5-4-6-14/h16H,4-10H2,1-3H3. The van der Waals surface area contributed by atoms with Gasteiger partial charge in [0.05, 0.1) is 18.1 Å². The Hall–Kier alpha value is -0.570. The van der Waals surface area contributed by atoms with E-state index in [1.54, 1.807) is 0 Å². The van der Waals surface area contributed by atoms with Crippen molar-refractivity contribution >= 4 is 5.97 Å². The van der Waals surface area contributed by atoms with Gasteiger partial charge in [0, 0.05) is 0 Å². The molecule has 2 rings (SSSR count). The van der Waals surface area contributed by atoms with Crippen LogP contribution in [0, 0.1) is 10.8 Å². The van der Waals surface area contributed by atoms with E-state index in [0.717, 1.165) is 44.9 Å². The molecule has 0 aromatic rings. The monoisotopic (exact) mass is 240 g/mol. The molecule has 0 amide bonds. The normalized spacial score (nSPS) is 29.2. The molecule has 0 atom stereocenters. The van der Waals surface area contributed by atoms with Crippen LogP contribution in [0.2, 0.25) is 0 Å². The number of hydrogen-bond donors (Lipinski definition) is 1. The number of esters is 1. The van der Waals surface area contributed by atoms with Crippen molar-refractivity contribution in [3.8, 4) is 0 Å². The molecule has 0 bridgehead atoms. The zero-order chi connectivity index (χ0) is 12.7. The van der Waals surface area contributed by atoms with E-state index in [1.165, 1.54) is 7.11 Å². The predicted molar refractivity (Wildman–Crippen MR) is 65.5 cm³/mol. The maximum atomic E-state index is 12.2. The summed E-state index contributed by atoms with van der Waals surface area (Å²) in [6, 6.07) is 0. The topological polar surface area (TPSA) is 46.5 Å². The average molecular weight is 240 g/mol. The van der Waals surface area contributed by atoms with Crippen molar-refractivity contribution in [1.29, 1.82) is 0 Å². The number of hydrogen-bond acceptors (Lipinski definition) is 3. The number of carbonyl (C=O) groups excluding carboxylic acids is 1. The van der Waals surface area contributed by atoms with Crippen molar-refractivity contribution in [2.75, 3.05) is 7.11 Å². The Morgan fingerprint density at radius 3 is 1.94 bits per heavy atom. The van der Waals surface area contributed by atoms with Crippen LogP contribution in [-0.2, 0) is 9.53 Å². The summed E-state index contributed by atoms with van der Waals surface area (Å²) in [6.45, 7) is 4.47. The highest BCUT2D eigenvalue weighted by molar-refractivity contribution is 5.78. The molecular formula is C14H24O3. The molecule has 0 aromatic carbocycles. The van der Waals surface area contributed by atoms with Gasteiger partial charge < -0.3 is 9.84 Å². The number of aliphatic hydroxyl groups is 1. The molecule has 2 aliphatic carbocycles. The second-order valence-corrected chi connectivity index (χ2v) is 6.62. The summed E-state index contributed by atoms with van der Waals surface area (Å²) in [4.78, 5) is 12.2. The smallest absolute Gasteiger partial charge is 0.314 e. The second-order valence-electron chi connectivity index (χ2n) is 6.62. The maximum absolute atomic E-state index is 12.2. The Morgan fingerprint density at radius 2 is 1.59 bits per heavy atom. The van der Waals surface area contributed by atoms with Gasteiger partial charge in [-0.15, -0.1) is 0 Å². The van der Waals surface area contributed by atoms with Crippen molar-refractivity contribution in [2.45, 2.75) is 64.4 Å². The first-order chi connectivity index (χ1) is 7.85. The van der Waals surface area contributed by atoms with Crippen LogP contribution in [0.25, 0.3) is 0 Å². The highest BCUT2D eigenvalue weighted by Gasteiger charge is 2.60. The van der Waals surface area contributed by atoms with Gasteiger partial charge in [-0.25, -0.2) is 0 Å². The molecule has 0 radical (unpaired) electrons. The Labute approximate surface area is 104 Å². The first kappa shape index (κ1) is 12.9. The van der Waals surface area contributed by atoms with E-state index in [0.29, 0.717) is 0 Å². The van der Waals surface area contributed by atoms with Gasteiger partial charge in [0.1, 0.15) is 0 Å². The molecule has 17 heavy (non-hydrogen) atoms. The predicted octanol–water partition coefficient (Wildman–Crippen LogP) is 2.66. The minimum absolute atomic E-state index is 0.199. The van der Waals surface area contributed by atoms with Crippen molar-refractivity contribution < 1.29 is 14.6 Å². The number of carbonyl (C=O) groups is 1. The lowest BCUT2D eigenvalue weighted by Crippen LogP contribution is -2.59. The third kappa shape index (κ3) is 1.88. The summed E-state index contributed by atoms with van der Waals surface area (Å²) in [5.74, 6) is -0.199. The molecule has 0 unspecified atom stereocenters. The summed E-state index contributed by atoms with van der Waals surface area (Å²) in [5, 5.41) is 10.7. The van der Waals surface area contributed by atoms with Crippen LogP contribution in [-0.4, -0.2) is 23.8 Å². The third-order valence-electron chi connectivity index (χ3n) is 5.10. The van der Waals surface area contributed by atoms with Crippen molar-refractivity contribution in [1.82, 2.24) is 0 Å². The van der Waals surface area contributed by atoms with Crippen molar-refractivity contribution in [2.24, 2.45) is 10.8 Å². The number of methoxy groups -OCH3 is 1. The summed E-state index contributed by atoms with van der Waals surface area (Å²) < 4.78 is 4.98. The molecule has 1 N–H and O–H groups in total. The van der Waals surface area contributed by atoms with Gasteiger partial charge in [0.15, 0.2) is 0 Å².